The Morgan fingerprint density at radius 2 is 2.20 bits per heavy atom. The molecule has 0 unspecified atom stereocenters. The van der Waals surface area contributed by atoms with Crippen molar-refractivity contribution in [2.75, 3.05) is 5.32 Å². The van der Waals surface area contributed by atoms with Gasteiger partial charge in [-0.2, -0.15) is 5.26 Å². The van der Waals surface area contributed by atoms with E-state index in [1.807, 2.05) is 0 Å². The molecule has 20 heavy (non-hydrogen) atoms. The van der Waals surface area contributed by atoms with Crippen LogP contribution in [-0.4, -0.2) is 23.1 Å². The number of nitrogens with one attached hydrogen (secondary N) is 2. The van der Waals surface area contributed by atoms with E-state index in [1.165, 1.54) is 12.1 Å². The quantitative estimate of drug-likeness (QED) is 0.767. The van der Waals surface area contributed by atoms with E-state index in [0.29, 0.717) is 12.8 Å². The molecule has 0 fully saturated rings. The van der Waals surface area contributed by atoms with E-state index in [9.17, 15) is 14.0 Å². The number of rotatable bonds is 5. The molecule has 7 heteroatoms. The smallest absolute Gasteiger partial charge is 0.326 e. The molecule has 0 heterocycles. The molecule has 3 N–H and O–H groups in total. The molecule has 1 aromatic rings. The number of urea groups is 1. The number of hydrogen-bond donors (Lipinski definition) is 3. The number of aliphatic carboxylic acids is 1. The summed E-state index contributed by atoms with van der Waals surface area (Å²) in [5.74, 6) is -1.81. The van der Waals surface area contributed by atoms with Crippen LogP contribution in [0.1, 0.15) is 25.3 Å². The van der Waals surface area contributed by atoms with Crippen LogP contribution >= 0.6 is 0 Å². The Bertz CT molecular complexity index is 554. The van der Waals surface area contributed by atoms with Gasteiger partial charge in [0.25, 0.3) is 0 Å². The third kappa shape index (κ3) is 4.24. The summed E-state index contributed by atoms with van der Waals surface area (Å²) in [5.41, 5.74) is 0.00669. The number of benzene rings is 1. The summed E-state index contributed by atoms with van der Waals surface area (Å²) in [7, 11) is 0. The number of anilines is 1. The third-order valence-corrected chi connectivity index (χ3v) is 2.53. The summed E-state index contributed by atoms with van der Waals surface area (Å²) in [6.07, 6.45) is 0.905. The predicted molar refractivity (Wildman–Crippen MR) is 69.6 cm³/mol. The molecular weight excluding hydrogens is 265 g/mol. The lowest BCUT2D eigenvalue weighted by atomic mass is 10.2. The Morgan fingerprint density at radius 3 is 2.75 bits per heavy atom. The number of amides is 2. The van der Waals surface area contributed by atoms with Crippen LogP contribution in [0.25, 0.3) is 0 Å². The van der Waals surface area contributed by atoms with Crippen LogP contribution in [0.3, 0.4) is 0 Å². The molecule has 0 aliphatic rings. The minimum absolute atomic E-state index is 0.203. The van der Waals surface area contributed by atoms with E-state index >= 15 is 0 Å². The van der Waals surface area contributed by atoms with Crippen molar-refractivity contribution < 1.29 is 19.1 Å². The minimum Gasteiger partial charge on any atom is -0.480 e. The van der Waals surface area contributed by atoms with Crippen LogP contribution in [0.5, 0.6) is 0 Å². The zero-order chi connectivity index (χ0) is 15.1. The topological polar surface area (TPSA) is 102 Å². The molecule has 1 rings (SSSR count). The van der Waals surface area contributed by atoms with E-state index in [2.05, 4.69) is 10.6 Å². The number of carbonyl (C=O) groups is 2. The molecule has 0 aromatic heterocycles. The fourth-order valence-electron chi connectivity index (χ4n) is 1.56. The summed E-state index contributed by atoms with van der Waals surface area (Å²) < 4.78 is 13.1. The Morgan fingerprint density at radius 1 is 1.50 bits per heavy atom. The second kappa shape index (κ2) is 7.09. The lowest BCUT2D eigenvalue weighted by Crippen LogP contribution is -2.42. The SMILES string of the molecule is CCC[C@H](NC(=O)Nc1ccc(F)c(C#N)c1)C(=O)O. The van der Waals surface area contributed by atoms with Gasteiger partial charge in [-0.05, 0) is 24.6 Å². The van der Waals surface area contributed by atoms with Crippen molar-refractivity contribution in [3.8, 4) is 6.07 Å². The largest absolute Gasteiger partial charge is 0.480 e. The highest BCUT2D eigenvalue weighted by Gasteiger charge is 2.18. The van der Waals surface area contributed by atoms with E-state index < -0.39 is 23.9 Å². The van der Waals surface area contributed by atoms with Crippen LogP contribution in [-0.2, 0) is 4.79 Å². The molecule has 106 valence electrons. The summed E-state index contributed by atoms with van der Waals surface area (Å²) in [6.45, 7) is 1.80. The first kappa shape index (κ1) is 15.4. The van der Waals surface area contributed by atoms with E-state index in [0.717, 1.165) is 6.07 Å². The zero-order valence-electron chi connectivity index (χ0n) is 10.8. The number of carbonyl (C=O) groups excluding carboxylic acids is 1. The van der Waals surface area contributed by atoms with Gasteiger partial charge in [0.2, 0.25) is 0 Å². The van der Waals surface area contributed by atoms with Crippen molar-refractivity contribution in [2.24, 2.45) is 0 Å². The van der Waals surface area contributed by atoms with Crippen LogP contribution in [0, 0.1) is 17.1 Å². The molecule has 0 aliphatic carbocycles. The normalized spacial score (nSPS) is 11.2. The molecule has 0 spiro atoms. The van der Waals surface area contributed by atoms with Crippen molar-refractivity contribution in [2.45, 2.75) is 25.8 Å². The summed E-state index contributed by atoms with van der Waals surface area (Å²) in [4.78, 5) is 22.5. The maximum absolute atomic E-state index is 13.1. The fraction of sp³-hybridized carbons (Fsp3) is 0.308. The molecule has 0 bridgehead atoms. The standard InChI is InChI=1S/C13H14FN3O3/c1-2-3-11(12(18)19)17-13(20)16-9-4-5-10(14)8(6-9)7-15/h4-6,11H,2-3H2,1H3,(H,18,19)(H2,16,17,20)/t11-/m0/s1. The van der Waals surface area contributed by atoms with Gasteiger partial charge in [-0.3, -0.25) is 0 Å². The van der Waals surface area contributed by atoms with Gasteiger partial charge >= 0.3 is 12.0 Å². The van der Waals surface area contributed by atoms with Crippen LogP contribution in [0.15, 0.2) is 18.2 Å². The van der Waals surface area contributed by atoms with E-state index in [4.69, 9.17) is 10.4 Å². The van der Waals surface area contributed by atoms with Crippen LogP contribution in [0.4, 0.5) is 14.9 Å². The molecule has 0 aliphatic heterocycles. The van der Waals surface area contributed by atoms with E-state index in [-0.39, 0.29) is 11.3 Å². The summed E-state index contributed by atoms with van der Waals surface area (Å²) in [6, 6.07) is 3.44. The van der Waals surface area contributed by atoms with Gasteiger partial charge in [0, 0.05) is 5.69 Å². The number of hydrogen-bond acceptors (Lipinski definition) is 3. The first-order valence-electron chi connectivity index (χ1n) is 5.98. The highest BCUT2D eigenvalue weighted by atomic mass is 19.1. The fourth-order valence-corrected chi connectivity index (χ4v) is 1.56. The molecule has 1 aromatic carbocycles. The molecular formula is C13H14FN3O3. The maximum Gasteiger partial charge on any atom is 0.326 e. The third-order valence-electron chi connectivity index (χ3n) is 2.53. The summed E-state index contributed by atoms with van der Waals surface area (Å²) >= 11 is 0. The van der Waals surface area contributed by atoms with Crippen LogP contribution < -0.4 is 10.6 Å². The zero-order valence-corrected chi connectivity index (χ0v) is 10.8. The number of nitriles is 1. The number of halogens is 1. The minimum atomic E-state index is -1.13. The van der Waals surface area contributed by atoms with Crippen molar-refractivity contribution in [1.29, 1.82) is 5.26 Å². The van der Waals surface area contributed by atoms with Gasteiger partial charge in [-0.1, -0.05) is 13.3 Å². The van der Waals surface area contributed by atoms with Gasteiger partial charge < -0.3 is 15.7 Å². The molecule has 6 nitrogen and oxygen atoms in total. The molecule has 0 saturated carbocycles. The van der Waals surface area contributed by atoms with Gasteiger partial charge in [0.1, 0.15) is 17.9 Å². The first-order valence-corrected chi connectivity index (χ1v) is 5.98. The number of nitrogens with zero attached hydrogens (tertiary/aromatic N) is 1. The molecule has 0 radical (unpaired) electrons. The summed E-state index contributed by atoms with van der Waals surface area (Å²) in [5, 5.41) is 22.2. The van der Waals surface area contributed by atoms with Crippen molar-refractivity contribution in [3.05, 3.63) is 29.6 Å². The van der Waals surface area contributed by atoms with Crippen molar-refractivity contribution >= 4 is 17.7 Å². The highest BCUT2D eigenvalue weighted by Crippen LogP contribution is 2.13. The average Bonchev–Trinajstić information content (AvgIpc) is 2.40. The highest BCUT2D eigenvalue weighted by molar-refractivity contribution is 5.92. The monoisotopic (exact) mass is 279 g/mol. The first-order chi connectivity index (χ1) is 9.47. The number of carboxylic acids is 1. The van der Waals surface area contributed by atoms with Crippen molar-refractivity contribution in [1.82, 2.24) is 5.32 Å². The lowest BCUT2D eigenvalue weighted by molar-refractivity contribution is -0.139. The van der Waals surface area contributed by atoms with Gasteiger partial charge in [0.05, 0.1) is 5.56 Å². The second-order valence-electron chi connectivity index (χ2n) is 4.08. The van der Waals surface area contributed by atoms with E-state index in [1.54, 1.807) is 13.0 Å². The Kier molecular flexibility index (Phi) is 5.47. The maximum atomic E-state index is 13.1. The van der Waals surface area contributed by atoms with Gasteiger partial charge in [-0.25, -0.2) is 14.0 Å². The second-order valence-corrected chi connectivity index (χ2v) is 4.08. The molecule has 2 amide bonds. The van der Waals surface area contributed by atoms with Crippen LogP contribution in [0.2, 0.25) is 0 Å². The molecule has 0 saturated heterocycles. The lowest BCUT2D eigenvalue weighted by Gasteiger charge is -2.14. The Balaban J connectivity index is 2.71. The predicted octanol–water partition coefficient (Wildman–Crippen LogP) is 2.07. The van der Waals surface area contributed by atoms with Gasteiger partial charge in [0.15, 0.2) is 0 Å². The van der Waals surface area contributed by atoms with Gasteiger partial charge in [-0.15, -0.1) is 0 Å². The average molecular weight is 279 g/mol. The number of carboxylic acid groups (broad SMARTS) is 1. The Labute approximate surface area is 115 Å². The Hall–Kier alpha value is -2.62. The molecule has 1 atom stereocenters. The van der Waals surface area contributed by atoms with Crippen molar-refractivity contribution in [3.63, 3.8) is 0 Å².